The molecule has 0 aromatic heterocycles. The predicted molar refractivity (Wildman–Crippen MR) is 63.8 cm³/mol. The molecule has 1 aliphatic carbocycles. The van der Waals surface area contributed by atoms with Gasteiger partial charge in [0.05, 0.1) is 0 Å². The Morgan fingerprint density at radius 1 is 1.31 bits per heavy atom. The second kappa shape index (κ2) is 4.03. The van der Waals surface area contributed by atoms with Gasteiger partial charge in [-0.05, 0) is 0 Å². The first-order valence-corrected chi connectivity index (χ1v) is 14.0. The van der Waals surface area contributed by atoms with Crippen LogP contribution in [0.5, 0.6) is 0 Å². The molecule has 1 heteroatoms. The van der Waals surface area contributed by atoms with E-state index in [1.807, 2.05) is 0 Å². The third-order valence-corrected chi connectivity index (χ3v) is 18.1. The summed E-state index contributed by atoms with van der Waals surface area (Å²) in [6.45, 7) is 8.90. The Balaban J connectivity index is 2.88. The molecule has 0 aromatic rings. The molecular formula is C12H20Sn. The van der Waals surface area contributed by atoms with Crippen molar-refractivity contribution in [2.45, 2.75) is 31.6 Å². The summed E-state index contributed by atoms with van der Waals surface area (Å²) in [5, 5.41) is 0. The number of rotatable bonds is 2. The van der Waals surface area contributed by atoms with Gasteiger partial charge in [-0.3, -0.25) is 0 Å². The molecular weight excluding hydrogens is 263 g/mol. The molecule has 0 amide bonds. The number of hydrogen-bond acceptors (Lipinski definition) is 0. The summed E-state index contributed by atoms with van der Waals surface area (Å²) in [5.74, 6) is 0. The monoisotopic (exact) mass is 284 g/mol. The molecule has 0 N–H and O–H groups in total. The fourth-order valence-electron chi connectivity index (χ4n) is 1.67. The van der Waals surface area contributed by atoms with Gasteiger partial charge in [-0.25, -0.2) is 0 Å². The van der Waals surface area contributed by atoms with Crippen molar-refractivity contribution in [3.63, 3.8) is 0 Å². The Kier molecular flexibility index (Phi) is 3.44. The third-order valence-electron chi connectivity index (χ3n) is 3.41. The van der Waals surface area contributed by atoms with Gasteiger partial charge in [0, 0.05) is 0 Å². The van der Waals surface area contributed by atoms with Crippen LogP contribution in [0.2, 0.25) is 17.7 Å². The van der Waals surface area contributed by atoms with Gasteiger partial charge >= 0.3 is 86.4 Å². The van der Waals surface area contributed by atoms with E-state index in [1.165, 1.54) is 5.57 Å². The van der Waals surface area contributed by atoms with Gasteiger partial charge in [-0.2, -0.15) is 0 Å². The van der Waals surface area contributed by atoms with Gasteiger partial charge in [0.25, 0.3) is 0 Å². The van der Waals surface area contributed by atoms with Crippen LogP contribution in [0.15, 0.2) is 36.5 Å². The van der Waals surface area contributed by atoms with Crippen LogP contribution in [-0.4, -0.2) is 18.4 Å². The first kappa shape index (κ1) is 11.1. The van der Waals surface area contributed by atoms with E-state index in [0.717, 1.165) is 3.93 Å². The maximum absolute atomic E-state index is 4.16. The molecule has 1 aliphatic rings. The average Bonchev–Trinajstić information content (AvgIpc) is 2.04. The number of allylic oxidation sites excluding steroid dienone is 5. The van der Waals surface area contributed by atoms with Gasteiger partial charge in [0.15, 0.2) is 0 Å². The van der Waals surface area contributed by atoms with Gasteiger partial charge in [-0.1, -0.05) is 0 Å². The van der Waals surface area contributed by atoms with Crippen LogP contribution >= 0.6 is 0 Å². The molecule has 0 aliphatic heterocycles. The summed E-state index contributed by atoms with van der Waals surface area (Å²) in [7, 11) is 0. The minimum absolute atomic E-state index is 0.708. The van der Waals surface area contributed by atoms with Crippen molar-refractivity contribution >= 4 is 18.4 Å². The Morgan fingerprint density at radius 2 is 1.92 bits per heavy atom. The van der Waals surface area contributed by atoms with Gasteiger partial charge in [0.1, 0.15) is 0 Å². The van der Waals surface area contributed by atoms with E-state index in [0.29, 0.717) is 3.93 Å². The zero-order valence-electron chi connectivity index (χ0n) is 9.17. The van der Waals surface area contributed by atoms with Gasteiger partial charge in [-0.15, -0.1) is 0 Å². The topological polar surface area (TPSA) is 0 Å². The third kappa shape index (κ3) is 2.28. The first-order valence-electron chi connectivity index (χ1n) is 5.00. The fourth-order valence-corrected chi connectivity index (χ4v) is 8.45. The van der Waals surface area contributed by atoms with Crippen LogP contribution in [0, 0.1) is 0 Å². The molecule has 1 rings (SSSR count). The zero-order valence-corrected chi connectivity index (χ0v) is 12.0. The van der Waals surface area contributed by atoms with Crippen molar-refractivity contribution in [1.29, 1.82) is 0 Å². The van der Waals surface area contributed by atoms with Crippen LogP contribution in [0.3, 0.4) is 0 Å². The Bertz CT molecular complexity index is 256. The molecule has 0 radical (unpaired) electrons. The van der Waals surface area contributed by atoms with Gasteiger partial charge < -0.3 is 0 Å². The fraction of sp³-hybridized carbons (Fsp3) is 0.500. The maximum atomic E-state index is 4.16. The Morgan fingerprint density at radius 3 is 2.38 bits per heavy atom. The van der Waals surface area contributed by atoms with Crippen molar-refractivity contribution in [3.8, 4) is 0 Å². The van der Waals surface area contributed by atoms with Crippen molar-refractivity contribution < 1.29 is 0 Å². The van der Waals surface area contributed by atoms with Crippen molar-refractivity contribution in [2.24, 2.45) is 0 Å². The summed E-state index contributed by atoms with van der Waals surface area (Å²) in [5.41, 5.74) is 1.33. The average molecular weight is 283 g/mol. The summed E-state index contributed by atoms with van der Waals surface area (Å²) in [6, 6.07) is 0. The molecule has 0 saturated heterocycles. The van der Waals surface area contributed by atoms with Crippen LogP contribution in [0.1, 0.15) is 13.8 Å². The summed E-state index contributed by atoms with van der Waals surface area (Å²) in [6.07, 6.45) is 8.81. The second-order valence-corrected chi connectivity index (χ2v) is 20.2. The molecule has 0 saturated carbocycles. The molecule has 0 nitrogen and oxygen atoms in total. The Labute approximate surface area is 86.3 Å². The van der Waals surface area contributed by atoms with Crippen molar-refractivity contribution in [1.82, 2.24) is 0 Å². The van der Waals surface area contributed by atoms with E-state index in [4.69, 9.17) is 0 Å². The molecule has 72 valence electrons. The van der Waals surface area contributed by atoms with Crippen LogP contribution in [0.25, 0.3) is 0 Å². The SMILES string of the molecule is C=C1C=CC=C[CH]1[Sn]([CH3])([CH3])[CH](C)C. The van der Waals surface area contributed by atoms with Gasteiger partial charge in [0.2, 0.25) is 0 Å². The first-order chi connectivity index (χ1) is 5.96. The molecule has 0 bridgehead atoms. The molecule has 0 aromatic carbocycles. The van der Waals surface area contributed by atoms with E-state index >= 15 is 0 Å². The molecule has 0 fully saturated rings. The van der Waals surface area contributed by atoms with Crippen LogP contribution < -0.4 is 0 Å². The van der Waals surface area contributed by atoms with Crippen LogP contribution in [0.4, 0.5) is 0 Å². The molecule has 0 heterocycles. The number of hydrogen-bond donors (Lipinski definition) is 0. The summed E-state index contributed by atoms with van der Waals surface area (Å²) >= 11 is -1.94. The summed E-state index contributed by atoms with van der Waals surface area (Å²) < 4.78 is 1.59. The second-order valence-electron chi connectivity index (χ2n) is 4.77. The van der Waals surface area contributed by atoms with E-state index in [2.05, 4.69) is 54.6 Å². The van der Waals surface area contributed by atoms with Crippen molar-refractivity contribution in [2.75, 3.05) is 0 Å². The van der Waals surface area contributed by atoms with E-state index < -0.39 is 18.4 Å². The normalized spacial score (nSPS) is 22.8. The Hall–Kier alpha value is 0.0187. The molecule has 13 heavy (non-hydrogen) atoms. The minimum atomic E-state index is -1.94. The van der Waals surface area contributed by atoms with Crippen molar-refractivity contribution in [3.05, 3.63) is 36.5 Å². The quantitative estimate of drug-likeness (QED) is 0.667. The summed E-state index contributed by atoms with van der Waals surface area (Å²) in [4.78, 5) is 5.05. The molecule has 1 unspecified atom stereocenters. The van der Waals surface area contributed by atoms with Crippen LogP contribution in [-0.2, 0) is 0 Å². The van der Waals surface area contributed by atoms with E-state index in [-0.39, 0.29) is 0 Å². The molecule has 0 spiro atoms. The van der Waals surface area contributed by atoms with E-state index in [9.17, 15) is 0 Å². The molecule has 1 atom stereocenters. The predicted octanol–water partition coefficient (Wildman–Crippen LogP) is 4.16. The zero-order chi connectivity index (χ0) is 10.1. The van der Waals surface area contributed by atoms with E-state index in [1.54, 1.807) is 0 Å². The standard InChI is InChI=1S/C7H7.C3H7.2CH3.Sn/c1-7-5-3-2-4-6-7;1-3-2;;;/h2-6H,1H2;3H,1-2H3;2*1H3;.